The van der Waals surface area contributed by atoms with Crippen LogP contribution in [0.5, 0.6) is 0 Å². The molecule has 0 radical (unpaired) electrons. The Bertz CT molecular complexity index is 591. The molecular formula is C11H16ClN3O4S. The molecule has 1 aromatic rings. The fourth-order valence-corrected chi connectivity index (χ4v) is 2.81. The fourth-order valence-electron chi connectivity index (χ4n) is 1.47. The summed E-state index contributed by atoms with van der Waals surface area (Å²) in [6, 6.07) is 3.46. The van der Waals surface area contributed by atoms with Gasteiger partial charge >= 0.3 is 0 Å². The van der Waals surface area contributed by atoms with Crippen LogP contribution >= 0.6 is 11.6 Å². The largest absolute Gasteiger partial charge is 0.305 e. The zero-order chi connectivity index (χ0) is 15.3. The average molecular weight is 322 g/mol. The number of hydrogen-bond acceptors (Lipinski definition) is 5. The average Bonchev–Trinajstić information content (AvgIpc) is 2.37. The molecule has 0 saturated heterocycles. The lowest BCUT2D eigenvalue weighted by atomic mass is 10.3. The second-order valence-electron chi connectivity index (χ2n) is 4.16. The van der Waals surface area contributed by atoms with Crippen LogP contribution in [0.3, 0.4) is 0 Å². The van der Waals surface area contributed by atoms with Crippen LogP contribution in [0, 0.1) is 10.1 Å². The van der Waals surface area contributed by atoms with Gasteiger partial charge in [-0.3, -0.25) is 10.1 Å². The van der Waals surface area contributed by atoms with Crippen LogP contribution < -0.4 is 4.72 Å². The van der Waals surface area contributed by atoms with E-state index >= 15 is 0 Å². The van der Waals surface area contributed by atoms with E-state index in [1.165, 1.54) is 6.07 Å². The zero-order valence-electron chi connectivity index (χ0n) is 11.2. The number of rotatable bonds is 7. The lowest BCUT2D eigenvalue weighted by Crippen LogP contribution is -2.33. The van der Waals surface area contributed by atoms with E-state index in [9.17, 15) is 18.5 Å². The number of nitrogens with zero attached hydrogens (tertiary/aromatic N) is 2. The molecule has 0 aliphatic rings. The highest BCUT2D eigenvalue weighted by atomic mass is 35.5. The van der Waals surface area contributed by atoms with Crippen molar-refractivity contribution in [1.29, 1.82) is 0 Å². The number of nitrogens with one attached hydrogen (secondary N) is 1. The fraction of sp³-hybridized carbons (Fsp3) is 0.455. The van der Waals surface area contributed by atoms with Crippen molar-refractivity contribution in [3.63, 3.8) is 0 Å². The number of likely N-dealkylation sites (N-methyl/N-ethyl adjacent to an activating group) is 1. The summed E-state index contributed by atoms with van der Waals surface area (Å²) < 4.78 is 26.5. The molecular weight excluding hydrogens is 306 g/mol. The van der Waals surface area contributed by atoms with Crippen LogP contribution in [-0.4, -0.2) is 44.9 Å². The van der Waals surface area contributed by atoms with E-state index in [-0.39, 0.29) is 16.5 Å². The molecule has 9 heteroatoms. The Morgan fingerprint density at radius 1 is 1.45 bits per heavy atom. The Hall–Kier alpha value is -1.22. The molecule has 1 rings (SSSR count). The third kappa shape index (κ3) is 4.41. The van der Waals surface area contributed by atoms with Crippen molar-refractivity contribution in [2.75, 3.05) is 26.7 Å². The van der Waals surface area contributed by atoms with Crippen LogP contribution in [0.4, 0.5) is 5.69 Å². The Morgan fingerprint density at radius 2 is 2.10 bits per heavy atom. The van der Waals surface area contributed by atoms with E-state index in [0.29, 0.717) is 6.54 Å². The highest BCUT2D eigenvalue weighted by Gasteiger charge is 2.25. The highest BCUT2D eigenvalue weighted by molar-refractivity contribution is 7.89. The van der Waals surface area contributed by atoms with Gasteiger partial charge in [0.15, 0.2) is 4.90 Å². The lowest BCUT2D eigenvalue weighted by molar-refractivity contribution is -0.387. The number of benzene rings is 1. The van der Waals surface area contributed by atoms with Crippen molar-refractivity contribution >= 4 is 27.3 Å². The second-order valence-corrected chi connectivity index (χ2v) is 6.33. The third-order valence-corrected chi connectivity index (χ3v) is 4.48. The number of nitro groups is 1. The molecule has 0 spiro atoms. The van der Waals surface area contributed by atoms with Crippen molar-refractivity contribution in [2.45, 2.75) is 11.8 Å². The molecule has 0 fully saturated rings. The SMILES string of the molecule is CCN(C)CCNS(=O)(=O)c1ccc(Cl)cc1[N+](=O)[O-]. The first-order valence-electron chi connectivity index (χ1n) is 5.90. The van der Waals surface area contributed by atoms with E-state index in [2.05, 4.69) is 4.72 Å². The Morgan fingerprint density at radius 3 is 2.65 bits per heavy atom. The van der Waals surface area contributed by atoms with Gasteiger partial charge in [0.05, 0.1) is 4.92 Å². The van der Waals surface area contributed by atoms with Gasteiger partial charge in [-0.15, -0.1) is 0 Å². The van der Waals surface area contributed by atoms with Gasteiger partial charge in [0.1, 0.15) is 0 Å². The predicted octanol–water partition coefficient (Wildman–Crippen LogP) is 1.48. The summed E-state index contributed by atoms with van der Waals surface area (Å²) in [6.45, 7) is 3.41. The summed E-state index contributed by atoms with van der Waals surface area (Å²) in [6.07, 6.45) is 0. The van der Waals surface area contributed by atoms with Crippen LogP contribution in [0.15, 0.2) is 23.1 Å². The van der Waals surface area contributed by atoms with Crippen LogP contribution in [0.25, 0.3) is 0 Å². The molecule has 0 bridgehead atoms. The number of halogens is 1. The normalized spacial score (nSPS) is 11.8. The van der Waals surface area contributed by atoms with Gasteiger partial charge in [0.25, 0.3) is 5.69 Å². The van der Waals surface area contributed by atoms with E-state index in [1.54, 1.807) is 0 Å². The molecule has 1 aromatic carbocycles. The monoisotopic (exact) mass is 321 g/mol. The molecule has 0 atom stereocenters. The molecule has 0 aliphatic heterocycles. The van der Waals surface area contributed by atoms with Gasteiger partial charge in [-0.2, -0.15) is 0 Å². The van der Waals surface area contributed by atoms with Gasteiger partial charge < -0.3 is 4.90 Å². The molecule has 112 valence electrons. The van der Waals surface area contributed by atoms with Crippen LogP contribution in [0.2, 0.25) is 5.02 Å². The summed E-state index contributed by atoms with van der Waals surface area (Å²) in [4.78, 5) is 11.7. The van der Waals surface area contributed by atoms with E-state index in [1.807, 2.05) is 18.9 Å². The first-order valence-corrected chi connectivity index (χ1v) is 7.76. The van der Waals surface area contributed by atoms with E-state index < -0.39 is 20.6 Å². The zero-order valence-corrected chi connectivity index (χ0v) is 12.7. The summed E-state index contributed by atoms with van der Waals surface area (Å²) in [5.74, 6) is 0. The first kappa shape index (κ1) is 16.8. The maximum atomic E-state index is 12.1. The molecule has 20 heavy (non-hydrogen) atoms. The van der Waals surface area contributed by atoms with E-state index in [4.69, 9.17) is 11.6 Å². The quantitative estimate of drug-likeness (QED) is 0.606. The Kier molecular flexibility index (Phi) is 5.88. The van der Waals surface area contributed by atoms with Crippen molar-refractivity contribution in [3.8, 4) is 0 Å². The molecule has 0 aliphatic carbocycles. The third-order valence-electron chi connectivity index (χ3n) is 2.73. The summed E-state index contributed by atoms with van der Waals surface area (Å²) in [7, 11) is -2.09. The lowest BCUT2D eigenvalue weighted by Gasteiger charge is -2.14. The number of hydrogen-bond donors (Lipinski definition) is 1. The van der Waals surface area contributed by atoms with Gasteiger partial charge in [-0.05, 0) is 25.7 Å². The maximum Gasteiger partial charge on any atom is 0.290 e. The van der Waals surface area contributed by atoms with Crippen LogP contribution in [0.1, 0.15) is 6.92 Å². The molecule has 0 heterocycles. The van der Waals surface area contributed by atoms with Crippen molar-refractivity contribution in [2.24, 2.45) is 0 Å². The van der Waals surface area contributed by atoms with Crippen LogP contribution in [-0.2, 0) is 10.0 Å². The predicted molar refractivity (Wildman–Crippen MR) is 76.5 cm³/mol. The van der Waals surface area contributed by atoms with Gasteiger partial charge in [0.2, 0.25) is 10.0 Å². The summed E-state index contributed by atoms with van der Waals surface area (Å²) >= 11 is 5.65. The molecule has 7 nitrogen and oxygen atoms in total. The van der Waals surface area contributed by atoms with Crippen molar-refractivity contribution < 1.29 is 13.3 Å². The number of nitro benzene ring substituents is 1. The van der Waals surface area contributed by atoms with Crippen molar-refractivity contribution in [3.05, 3.63) is 33.3 Å². The standard InChI is InChI=1S/C11H16ClN3O4S/c1-3-14(2)7-6-13-20(18,19)11-5-4-9(12)8-10(11)15(16)17/h4-5,8,13H,3,6-7H2,1-2H3. The van der Waals surface area contributed by atoms with E-state index in [0.717, 1.165) is 18.7 Å². The molecule has 1 N–H and O–H groups in total. The minimum absolute atomic E-state index is 0.112. The molecule has 0 saturated carbocycles. The number of sulfonamides is 1. The smallest absolute Gasteiger partial charge is 0.290 e. The van der Waals surface area contributed by atoms with Gasteiger partial charge in [0, 0.05) is 24.2 Å². The summed E-state index contributed by atoms with van der Waals surface area (Å²) in [5.41, 5.74) is -0.533. The van der Waals surface area contributed by atoms with Gasteiger partial charge in [-0.25, -0.2) is 13.1 Å². The Labute approximate surface area is 122 Å². The Balaban J connectivity index is 2.95. The molecule has 0 aromatic heterocycles. The maximum absolute atomic E-state index is 12.1. The van der Waals surface area contributed by atoms with Crippen molar-refractivity contribution in [1.82, 2.24) is 9.62 Å². The highest BCUT2D eigenvalue weighted by Crippen LogP contribution is 2.26. The molecule has 0 unspecified atom stereocenters. The van der Waals surface area contributed by atoms with Gasteiger partial charge in [-0.1, -0.05) is 18.5 Å². The first-order chi connectivity index (χ1) is 9.27. The second kappa shape index (κ2) is 6.98. The minimum Gasteiger partial charge on any atom is -0.305 e. The molecule has 0 amide bonds. The topological polar surface area (TPSA) is 92.6 Å². The summed E-state index contributed by atoms with van der Waals surface area (Å²) in [5, 5.41) is 11.0. The minimum atomic E-state index is -3.93.